The summed E-state index contributed by atoms with van der Waals surface area (Å²) in [5, 5.41) is 12.2. The summed E-state index contributed by atoms with van der Waals surface area (Å²) < 4.78 is 25.9. The number of likely N-dealkylation sites (tertiary alicyclic amines) is 2. The van der Waals surface area contributed by atoms with Crippen molar-refractivity contribution >= 4 is 40.9 Å². The molecule has 9 rings (SSSR count). The Morgan fingerprint density at radius 1 is 0.847 bits per heavy atom. The van der Waals surface area contributed by atoms with Crippen molar-refractivity contribution in [1.29, 1.82) is 0 Å². The van der Waals surface area contributed by atoms with Crippen molar-refractivity contribution in [1.82, 2.24) is 14.8 Å². The van der Waals surface area contributed by atoms with Crippen LogP contribution >= 0.6 is 11.6 Å². The average Bonchev–Trinajstić information content (AvgIpc) is 3.62. The van der Waals surface area contributed by atoms with Crippen LogP contribution in [-0.2, 0) is 31.1 Å². The molecule has 0 unspecified atom stereocenters. The van der Waals surface area contributed by atoms with Gasteiger partial charge in [0, 0.05) is 54.3 Å². The number of phenols is 1. The first-order chi connectivity index (χ1) is 28.5. The summed E-state index contributed by atoms with van der Waals surface area (Å²) in [5.41, 5.74) is 4.45. The molecule has 2 N–H and O–H groups in total. The standard InChI is InChI=1S/C46H44ClFN4O7/c1-58-37-22-32(53)23-38(59-2)40(37)41-33-16-17-34-39(44(56)51(42(34)54)31-18-20-50(21-19-31)25-26-6-4-3-5-7-26)35(33)24-36-43(55)52(49-30-14-12-29(48)13-15-30)45(57)46(36,41)27-8-10-28(47)11-9-27/h3-16,22-23,31,34-36,39,41,49,53H,17-21,24-25H2,1-2H3/t34-,35+,36-,39-,41+,46+/m0/s1. The van der Waals surface area contributed by atoms with E-state index >= 15 is 9.59 Å². The van der Waals surface area contributed by atoms with E-state index in [0.29, 0.717) is 40.3 Å². The van der Waals surface area contributed by atoms with Crippen LogP contribution in [0.4, 0.5) is 10.1 Å². The van der Waals surface area contributed by atoms with Crippen LogP contribution in [0.15, 0.2) is 103 Å². The van der Waals surface area contributed by atoms with Gasteiger partial charge in [0.15, 0.2) is 0 Å². The molecule has 304 valence electrons. The number of nitrogens with zero attached hydrogens (tertiary/aromatic N) is 3. The number of piperidine rings is 1. The van der Waals surface area contributed by atoms with Crippen LogP contribution in [0.5, 0.6) is 17.2 Å². The lowest BCUT2D eigenvalue weighted by Crippen LogP contribution is -2.53. The predicted octanol–water partition coefficient (Wildman–Crippen LogP) is 6.85. The molecule has 1 saturated carbocycles. The number of hydrazine groups is 1. The first kappa shape index (κ1) is 38.8. The molecule has 3 heterocycles. The molecule has 0 bridgehead atoms. The van der Waals surface area contributed by atoms with Gasteiger partial charge in [-0.2, -0.15) is 5.01 Å². The summed E-state index contributed by atoms with van der Waals surface area (Å²) in [6.45, 7) is 2.26. The number of ether oxygens (including phenoxy) is 2. The Morgan fingerprint density at radius 2 is 1.51 bits per heavy atom. The molecular formula is C46H44ClFN4O7. The number of amides is 4. The van der Waals surface area contributed by atoms with E-state index in [1.54, 1.807) is 24.3 Å². The highest BCUT2D eigenvalue weighted by molar-refractivity contribution is 6.30. The summed E-state index contributed by atoms with van der Waals surface area (Å²) in [4.78, 5) is 63.8. The minimum atomic E-state index is -1.65. The number of halogens is 2. The number of hydrogen-bond acceptors (Lipinski definition) is 9. The summed E-state index contributed by atoms with van der Waals surface area (Å²) in [6.07, 6.45) is 3.62. The van der Waals surface area contributed by atoms with Gasteiger partial charge >= 0.3 is 0 Å². The molecule has 11 nitrogen and oxygen atoms in total. The molecule has 5 aliphatic rings. The normalized spacial score (nSPS) is 27.0. The number of methoxy groups -OCH3 is 2. The molecule has 0 aromatic heterocycles. The van der Waals surface area contributed by atoms with E-state index in [-0.39, 0.29) is 47.9 Å². The van der Waals surface area contributed by atoms with E-state index in [0.717, 1.165) is 24.6 Å². The lowest BCUT2D eigenvalue weighted by atomic mass is 9.49. The van der Waals surface area contributed by atoms with E-state index in [2.05, 4.69) is 22.5 Å². The van der Waals surface area contributed by atoms with Gasteiger partial charge in [-0.25, -0.2) is 4.39 Å². The van der Waals surface area contributed by atoms with Gasteiger partial charge in [-0.1, -0.05) is 65.7 Å². The zero-order valence-corrected chi connectivity index (χ0v) is 33.4. The van der Waals surface area contributed by atoms with Gasteiger partial charge in [0.2, 0.25) is 11.8 Å². The monoisotopic (exact) mass is 818 g/mol. The molecule has 59 heavy (non-hydrogen) atoms. The second-order valence-corrected chi connectivity index (χ2v) is 16.6. The minimum Gasteiger partial charge on any atom is -0.508 e. The first-order valence-electron chi connectivity index (χ1n) is 20.0. The summed E-state index contributed by atoms with van der Waals surface area (Å²) in [5.74, 6) is -5.83. The van der Waals surface area contributed by atoms with Gasteiger partial charge in [-0.3, -0.25) is 34.4 Å². The Kier molecular flexibility index (Phi) is 9.95. The minimum absolute atomic E-state index is 0.0867. The molecule has 4 aromatic rings. The summed E-state index contributed by atoms with van der Waals surface area (Å²) >= 11 is 6.43. The molecule has 4 amide bonds. The molecule has 3 aliphatic heterocycles. The van der Waals surface area contributed by atoms with Crippen LogP contribution < -0.4 is 14.9 Å². The number of allylic oxidation sites excluding steroid dienone is 2. The Labute approximate surface area is 346 Å². The highest BCUT2D eigenvalue weighted by Gasteiger charge is 2.71. The van der Waals surface area contributed by atoms with E-state index in [4.69, 9.17) is 21.1 Å². The Hall–Kier alpha value is -5.72. The molecule has 6 atom stereocenters. The van der Waals surface area contributed by atoms with Crippen molar-refractivity contribution in [3.8, 4) is 17.2 Å². The number of phenolic OH excluding ortho intramolecular Hbond substituents is 1. The maximum Gasteiger partial charge on any atom is 0.260 e. The molecule has 2 aliphatic carbocycles. The second-order valence-electron chi connectivity index (χ2n) is 16.2. The molecular weight excluding hydrogens is 775 g/mol. The average molecular weight is 819 g/mol. The van der Waals surface area contributed by atoms with Crippen LogP contribution in [0, 0.1) is 29.5 Å². The number of hydrogen-bond donors (Lipinski definition) is 2. The van der Waals surface area contributed by atoms with Gasteiger partial charge in [-0.15, -0.1) is 0 Å². The molecule has 0 radical (unpaired) electrons. The van der Waals surface area contributed by atoms with Crippen LogP contribution in [-0.4, -0.2) is 76.9 Å². The van der Waals surface area contributed by atoms with Gasteiger partial charge in [0.25, 0.3) is 11.8 Å². The number of fused-ring (bicyclic) bond motifs is 4. The second kappa shape index (κ2) is 15.1. The van der Waals surface area contributed by atoms with E-state index in [1.165, 1.54) is 61.1 Å². The number of benzene rings is 4. The quantitative estimate of drug-likeness (QED) is 0.138. The molecule has 0 spiro atoms. The maximum absolute atomic E-state index is 15.5. The van der Waals surface area contributed by atoms with Crippen LogP contribution in [0.3, 0.4) is 0 Å². The Balaban J connectivity index is 1.15. The van der Waals surface area contributed by atoms with Crippen molar-refractivity contribution in [3.05, 3.63) is 130 Å². The third kappa shape index (κ3) is 6.26. The lowest BCUT2D eigenvalue weighted by Gasteiger charge is -2.51. The van der Waals surface area contributed by atoms with Crippen LogP contribution in [0.2, 0.25) is 5.02 Å². The number of aromatic hydroxyl groups is 1. The largest absolute Gasteiger partial charge is 0.508 e. The lowest BCUT2D eigenvalue weighted by molar-refractivity contribution is -0.144. The van der Waals surface area contributed by atoms with Gasteiger partial charge in [-0.05, 0) is 79.1 Å². The molecule has 13 heteroatoms. The molecule has 4 aromatic carbocycles. The van der Waals surface area contributed by atoms with Crippen molar-refractivity contribution in [3.63, 3.8) is 0 Å². The summed E-state index contributed by atoms with van der Waals surface area (Å²) in [6, 6.07) is 25.0. The van der Waals surface area contributed by atoms with Crippen LogP contribution in [0.25, 0.3) is 0 Å². The van der Waals surface area contributed by atoms with Gasteiger partial charge in [0.1, 0.15) is 23.1 Å². The van der Waals surface area contributed by atoms with E-state index in [1.807, 2.05) is 24.3 Å². The number of imide groups is 2. The zero-order valence-electron chi connectivity index (χ0n) is 32.6. The maximum atomic E-state index is 15.5. The topological polar surface area (TPSA) is 129 Å². The van der Waals surface area contributed by atoms with E-state index in [9.17, 15) is 19.1 Å². The third-order valence-electron chi connectivity index (χ3n) is 13.3. The molecule has 4 fully saturated rings. The smallest absolute Gasteiger partial charge is 0.260 e. The highest BCUT2D eigenvalue weighted by atomic mass is 35.5. The van der Waals surface area contributed by atoms with Crippen molar-refractivity contribution in [2.45, 2.75) is 49.6 Å². The number of rotatable bonds is 9. The van der Waals surface area contributed by atoms with Crippen LogP contribution in [0.1, 0.15) is 48.3 Å². The van der Waals surface area contributed by atoms with E-state index < -0.39 is 52.6 Å². The SMILES string of the molecule is COc1cc(O)cc(OC)c1[C@H]1C2=CC[C@@H]3C(=O)N(C4CCN(Cc5ccccc5)CC4)C(=O)[C@@H]3[C@@H]2C[C@H]2C(=O)N(Nc3ccc(F)cc3)C(=O)[C@@]12c1ccc(Cl)cc1. The van der Waals surface area contributed by atoms with Gasteiger partial charge in [0.05, 0.1) is 43.1 Å². The first-order valence-corrected chi connectivity index (χ1v) is 20.4. The van der Waals surface area contributed by atoms with Crippen molar-refractivity contribution in [2.24, 2.45) is 23.7 Å². The predicted molar refractivity (Wildman–Crippen MR) is 217 cm³/mol. The third-order valence-corrected chi connectivity index (χ3v) is 13.5. The zero-order chi connectivity index (χ0) is 41.2. The summed E-state index contributed by atoms with van der Waals surface area (Å²) in [7, 11) is 2.89. The van der Waals surface area contributed by atoms with Crippen molar-refractivity contribution < 1.29 is 38.1 Å². The fourth-order valence-electron chi connectivity index (χ4n) is 10.7. The number of carbonyl (C=O) groups is 4. The fraction of sp³-hybridized carbons (Fsp3) is 0.348. The highest BCUT2D eigenvalue weighted by Crippen LogP contribution is 2.66. The van der Waals surface area contributed by atoms with Crippen molar-refractivity contribution in [2.75, 3.05) is 32.7 Å². The number of anilines is 1. The number of carbonyl (C=O) groups excluding carboxylic acids is 4. The fourth-order valence-corrected chi connectivity index (χ4v) is 10.9. The van der Waals surface area contributed by atoms with Gasteiger partial charge < -0.3 is 14.6 Å². The Morgan fingerprint density at radius 3 is 2.15 bits per heavy atom. The number of nitrogens with one attached hydrogen (secondary N) is 1. The Bertz CT molecular complexity index is 2330. The molecule has 3 saturated heterocycles.